The number of hydroxylamine groups is 2. The lowest BCUT2D eigenvalue weighted by atomic mass is 10.1. The van der Waals surface area contributed by atoms with Crippen LogP contribution in [-0.2, 0) is 4.84 Å². The molecule has 1 rings (SSSR count). The van der Waals surface area contributed by atoms with E-state index < -0.39 is 0 Å². The minimum atomic E-state index is 0.743. The van der Waals surface area contributed by atoms with Crippen LogP contribution in [0.25, 0.3) is 0 Å². The summed E-state index contributed by atoms with van der Waals surface area (Å²) in [6, 6.07) is 0. The lowest BCUT2D eigenvalue weighted by Crippen LogP contribution is -2.45. The Labute approximate surface area is 55.9 Å². The number of nitrogens with one attached hydrogen (secondary N) is 1. The predicted molar refractivity (Wildman–Crippen MR) is 36.0 cm³/mol. The highest BCUT2D eigenvalue weighted by molar-refractivity contribution is 4.73. The molecule has 54 valence electrons. The van der Waals surface area contributed by atoms with E-state index in [1.807, 2.05) is 14.1 Å². The summed E-state index contributed by atoms with van der Waals surface area (Å²) in [5.41, 5.74) is 0. The standard InChI is InChI=1S/C6H14N2O/c1-8(2)9-5-6-3-7-4-6/h6-7H,3-5H2,1-2H3. The van der Waals surface area contributed by atoms with Crippen molar-refractivity contribution in [3.05, 3.63) is 0 Å². The molecule has 0 unspecified atom stereocenters. The fourth-order valence-corrected chi connectivity index (χ4v) is 0.721. The first kappa shape index (κ1) is 6.99. The van der Waals surface area contributed by atoms with Crippen molar-refractivity contribution in [1.29, 1.82) is 0 Å². The number of hydrogen-bond acceptors (Lipinski definition) is 3. The zero-order valence-electron chi connectivity index (χ0n) is 6.05. The molecule has 9 heavy (non-hydrogen) atoms. The van der Waals surface area contributed by atoms with E-state index in [0.29, 0.717) is 0 Å². The average Bonchev–Trinajstić information content (AvgIpc) is 1.60. The van der Waals surface area contributed by atoms with E-state index in [2.05, 4.69) is 5.32 Å². The lowest BCUT2D eigenvalue weighted by molar-refractivity contribution is -0.136. The van der Waals surface area contributed by atoms with Crippen LogP contribution in [0.3, 0.4) is 0 Å². The van der Waals surface area contributed by atoms with Crippen LogP contribution < -0.4 is 5.32 Å². The molecule has 1 aliphatic rings. The third-order valence-electron chi connectivity index (χ3n) is 1.43. The van der Waals surface area contributed by atoms with Crippen LogP contribution in [0.1, 0.15) is 0 Å². The van der Waals surface area contributed by atoms with Gasteiger partial charge in [0.2, 0.25) is 0 Å². The van der Waals surface area contributed by atoms with E-state index in [1.54, 1.807) is 5.06 Å². The topological polar surface area (TPSA) is 24.5 Å². The summed E-state index contributed by atoms with van der Waals surface area (Å²) in [4.78, 5) is 5.24. The molecule has 0 atom stereocenters. The molecule has 1 saturated heterocycles. The molecule has 3 nitrogen and oxygen atoms in total. The first-order chi connectivity index (χ1) is 4.29. The first-order valence-electron chi connectivity index (χ1n) is 3.30. The Morgan fingerprint density at radius 3 is 2.56 bits per heavy atom. The monoisotopic (exact) mass is 130 g/mol. The molecule has 1 fully saturated rings. The highest BCUT2D eigenvalue weighted by Gasteiger charge is 2.16. The zero-order chi connectivity index (χ0) is 6.69. The maximum Gasteiger partial charge on any atom is 0.0737 e. The molecule has 0 bridgehead atoms. The van der Waals surface area contributed by atoms with Gasteiger partial charge < -0.3 is 5.32 Å². The van der Waals surface area contributed by atoms with Crippen molar-refractivity contribution < 1.29 is 4.84 Å². The summed E-state index contributed by atoms with van der Waals surface area (Å²) >= 11 is 0. The normalized spacial score (nSPS) is 20.3. The maximum absolute atomic E-state index is 5.24. The minimum Gasteiger partial charge on any atom is -0.316 e. The summed E-state index contributed by atoms with van der Waals surface area (Å²) in [7, 11) is 3.82. The van der Waals surface area contributed by atoms with E-state index in [-0.39, 0.29) is 0 Å². The molecule has 1 N–H and O–H groups in total. The lowest BCUT2D eigenvalue weighted by Gasteiger charge is -2.27. The van der Waals surface area contributed by atoms with Gasteiger partial charge in [-0.3, -0.25) is 4.84 Å². The van der Waals surface area contributed by atoms with Gasteiger partial charge in [0.15, 0.2) is 0 Å². The van der Waals surface area contributed by atoms with Crippen LogP contribution in [-0.4, -0.2) is 38.9 Å². The van der Waals surface area contributed by atoms with Crippen LogP contribution in [0.2, 0.25) is 0 Å². The number of nitrogens with zero attached hydrogens (tertiary/aromatic N) is 1. The van der Waals surface area contributed by atoms with Gasteiger partial charge in [-0.15, -0.1) is 0 Å². The van der Waals surface area contributed by atoms with Crippen molar-refractivity contribution in [2.24, 2.45) is 5.92 Å². The summed E-state index contributed by atoms with van der Waals surface area (Å²) in [5.74, 6) is 0.743. The molecule has 0 aliphatic carbocycles. The molecular formula is C6H14N2O. The smallest absolute Gasteiger partial charge is 0.0737 e. The van der Waals surface area contributed by atoms with Gasteiger partial charge in [0.05, 0.1) is 6.61 Å². The Hall–Kier alpha value is -0.120. The van der Waals surface area contributed by atoms with Gasteiger partial charge in [0.1, 0.15) is 0 Å². The van der Waals surface area contributed by atoms with Crippen molar-refractivity contribution in [2.75, 3.05) is 33.8 Å². The van der Waals surface area contributed by atoms with Crippen LogP contribution in [0.5, 0.6) is 0 Å². The van der Waals surface area contributed by atoms with Gasteiger partial charge in [-0.1, -0.05) is 0 Å². The van der Waals surface area contributed by atoms with Crippen molar-refractivity contribution >= 4 is 0 Å². The van der Waals surface area contributed by atoms with Gasteiger partial charge in [0, 0.05) is 33.1 Å². The second-order valence-corrected chi connectivity index (χ2v) is 2.63. The third kappa shape index (κ3) is 2.30. The highest BCUT2D eigenvalue weighted by atomic mass is 16.7. The Kier molecular flexibility index (Phi) is 2.45. The van der Waals surface area contributed by atoms with Gasteiger partial charge in [-0.2, -0.15) is 5.06 Å². The summed E-state index contributed by atoms with van der Waals surface area (Å²) in [6.45, 7) is 3.10. The third-order valence-corrected chi connectivity index (χ3v) is 1.43. The maximum atomic E-state index is 5.24. The number of rotatable bonds is 3. The van der Waals surface area contributed by atoms with E-state index >= 15 is 0 Å². The molecule has 1 heterocycles. The quantitative estimate of drug-likeness (QED) is 0.531. The molecule has 0 aromatic heterocycles. The van der Waals surface area contributed by atoms with Crippen molar-refractivity contribution in [1.82, 2.24) is 10.4 Å². The van der Waals surface area contributed by atoms with E-state index in [9.17, 15) is 0 Å². The highest BCUT2D eigenvalue weighted by Crippen LogP contribution is 2.02. The molecule has 0 radical (unpaired) electrons. The largest absolute Gasteiger partial charge is 0.316 e. The van der Waals surface area contributed by atoms with Crippen LogP contribution in [0, 0.1) is 5.92 Å². The van der Waals surface area contributed by atoms with Gasteiger partial charge in [0.25, 0.3) is 0 Å². The molecule has 3 heteroatoms. The second-order valence-electron chi connectivity index (χ2n) is 2.63. The first-order valence-corrected chi connectivity index (χ1v) is 3.30. The van der Waals surface area contributed by atoms with Crippen molar-refractivity contribution in [3.63, 3.8) is 0 Å². The van der Waals surface area contributed by atoms with Crippen molar-refractivity contribution in [2.45, 2.75) is 0 Å². The summed E-state index contributed by atoms with van der Waals surface area (Å²) < 4.78 is 0. The fourth-order valence-electron chi connectivity index (χ4n) is 0.721. The second kappa shape index (κ2) is 3.15. The Balaban J connectivity index is 1.91. The average molecular weight is 130 g/mol. The SMILES string of the molecule is CN(C)OCC1CNC1. The molecular weight excluding hydrogens is 116 g/mol. The fraction of sp³-hybridized carbons (Fsp3) is 1.00. The molecule has 0 amide bonds. The van der Waals surface area contributed by atoms with E-state index in [1.165, 1.54) is 0 Å². The van der Waals surface area contributed by atoms with E-state index in [4.69, 9.17) is 4.84 Å². The Morgan fingerprint density at radius 1 is 1.56 bits per heavy atom. The van der Waals surface area contributed by atoms with Gasteiger partial charge >= 0.3 is 0 Å². The van der Waals surface area contributed by atoms with Gasteiger partial charge in [-0.25, -0.2) is 0 Å². The Bertz CT molecular complexity index is 81.1. The van der Waals surface area contributed by atoms with Gasteiger partial charge in [-0.05, 0) is 0 Å². The molecule has 0 saturated carbocycles. The minimum absolute atomic E-state index is 0.743. The summed E-state index contributed by atoms with van der Waals surface area (Å²) in [6.07, 6.45) is 0. The molecule has 0 aromatic carbocycles. The van der Waals surface area contributed by atoms with Crippen LogP contribution in [0.4, 0.5) is 0 Å². The van der Waals surface area contributed by atoms with Crippen LogP contribution >= 0.6 is 0 Å². The van der Waals surface area contributed by atoms with Crippen LogP contribution in [0.15, 0.2) is 0 Å². The molecule has 0 spiro atoms. The summed E-state index contributed by atoms with van der Waals surface area (Å²) in [5, 5.41) is 4.93. The Morgan fingerprint density at radius 2 is 2.22 bits per heavy atom. The molecule has 1 aliphatic heterocycles. The predicted octanol–water partition coefficient (Wildman–Crippen LogP) is -0.301. The number of hydrogen-bond donors (Lipinski definition) is 1. The van der Waals surface area contributed by atoms with Crippen molar-refractivity contribution in [3.8, 4) is 0 Å². The van der Waals surface area contributed by atoms with E-state index in [0.717, 1.165) is 25.6 Å². The molecule has 0 aromatic rings. The zero-order valence-corrected chi connectivity index (χ0v) is 6.05.